The summed E-state index contributed by atoms with van der Waals surface area (Å²) in [5.74, 6) is 0.553. The lowest BCUT2D eigenvalue weighted by Crippen LogP contribution is -2.48. The van der Waals surface area contributed by atoms with Gasteiger partial charge in [0.25, 0.3) is 0 Å². The lowest BCUT2D eigenvalue weighted by Gasteiger charge is -2.28. The number of halogens is 1. The third-order valence-electron chi connectivity index (χ3n) is 4.48. The number of sulfonamides is 1. The van der Waals surface area contributed by atoms with Gasteiger partial charge in [0.15, 0.2) is 0 Å². The number of amides is 1. The fourth-order valence-corrected chi connectivity index (χ4v) is 5.70. The van der Waals surface area contributed by atoms with Crippen LogP contribution in [0.3, 0.4) is 0 Å². The van der Waals surface area contributed by atoms with Gasteiger partial charge in [0, 0.05) is 22.6 Å². The van der Waals surface area contributed by atoms with Crippen molar-refractivity contribution in [2.45, 2.75) is 50.3 Å². The van der Waals surface area contributed by atoms with Gasteiger partial charge in [-0.15, -0.1) is 0 Å². The predicted octanol–water partition coefficient (Wildman–Crippen LogP) is 3.68. The van der Waals surface area contributed by atoms with Gasteiger partial charge in [0.05, 0.1) is 11.9 Å². The van der Waals surface area contributed by atoms with Gasteiger partial charge in [0.1, 0.15) is 6.04 Å². The first-order valence-corrected chi connectivity index (χ1v) is 12.2. The molecule has 0 bridgehead atoms. The summed E-state index contributed by atoms with van der Waals surface area (Å²) in [5, 5.41) is 4.07. The van der Waals surface area contributed by atoms with Crippen molar-refractivity contribution < 1.29 is 13.2 Å². The molecule has 5 nitrogen and oxygen atoms in total. The topological polar surface area (TPSA) is 66.5 Å². The van der Waals surface area contributed by atoms with Gasteiger partial charge < -0.3 is 5.32 Å². The molecule has 0 saturated heterocycles. The summed E-state index contributed by atoms with van der Waals surface area (Å²) >= 11 is 7.77. The molecular formula is C18H27ClN2O3S2. The van der Waals surface area contributed by atoms with Crippen LogP contribution < -0.4 is 9.62 Å². The Hall–Kier alpha value is -0.920. The number of rotatable bonds is 8. The standard InChI is InChI=1S/C18H27ClN2O3S2/c1-14(18(22)20-12-13-25-17-6-4-3-5-7-17)21(26(2,23)24)16-10-8-15(19)9-11-16/h8-11,14,17H,3-7,12-13H2,1-2H3,(H,20,22). The molecular weight excluding hydrogens is 392 g/mol. The normalized spacial score (nSPS) is 16.9. The molecule has 1 aliphatic carbocycles. The van der Waals surface area contributed by atoms with E-state index in [1.165, 1.54) is 32.1 Å². The van der Waals surface area contributed by atoms with Crippen molar-refractivity contribution in [3.8, 4) is 0 Å². The molecule has 1 unspecified atom stereocenters. The van der Waals surface area contributed by atoms with Crippen molar-refractivity contribution in [1.82, 2.24) is 5.32 Å². The van der Waals surface area contributed by atoms with Crippen LogP contribution in [0.2, 0.25) is 5.02 Å². The Labute approximate surface area is 165 Å². The Kier molecular flexibility index (Phi) is 8.10. The fraction of sp³-hybridized carbons (Fsp3) is 0.611. The molecule has 146 valence electrons. The van der Waals surface area contributed by atoms with E-state index in [-0.39, 0.29) is 5.91 Å². The van der Waals surface area contributed by atoms with Gasteiger partial charge >= 0.3 is 0 Å². The van der Waals surface area contributed by atoms with E-state index in [0.717, 1.165) is 16.3 Å². The first kappa shape index (κ1) is 21.4. The van der Waals surface area contributed by atoms with Gasteiger partial charge in [0.2, 0.25) is 15.9 Å². The van der Waals surface area contributed by atoms with E-state index in [1.54, 1.807) is 31.2 Å². The Morgan fingerprint density at radius 2 is 1.88 bits per heavy atom. The Bertz CT molecular complexity index is 689. The van der Waals surface area contributed by atoms with Crippen molar-refractivity contribution in [2.75, 3.05) is 22.9 Å². The molecule has 0 heterocycles. The lowest BCUT2D eigenvalue weighted by atomic mass is 10.0. The summed E-state index contributed by atoms with van der Waals surface area (Å²) in [4.78, 5) is 12.5. The smallest absolute Gasteiger partial charge is 0.243 e. The molecule has 1 amide bonds. The first-order chi connectivity index (χ1) is 12.3. The van der Waals surface area contributed by atoms with E-state index < -0.39 is 16.1 Å². The number of carbonyl (C=O) groups excluding carboxylic acids is 1. The number of nitrogens with one attached hydrogen (secondary N) is 1. The zero-order valence-electron chi connectivity index (χ0n) is 15.3. The Morgan fingerprint density at radius 3 is 2.46 bits per heavy atom. The maximum absolute atomic E-state index is 12.5. The van der Waals surface area contributed by atoms with E-state index >= 15 is 0 Å². The SMILES string of the molecule is CC(C(=O)NCCSC1CCCCC1)N(c1ccc(Cl)cc1)S(C)(=O)=O. The van der Waals surface area contributed by atoms with Crippen LogP contribution in [0.15, 0.2) is 24.3 Å². The van der Waals surface area contributed by atoms with Crippen LogP contribution in [0.5, 0.6) is 0 Å². The third-order valence-corrected chi connectivity index (χ3v) is 7.35. The minimum Gasteiger partial charge on any atom is -0.353 e. The van der Waals surface area contributed by atoms with E-state index in [4.69, 9.17) is 11.6 Å². The summed E-state index contributed by atoms with van der Waals surface area (Å²) in [6, 6.07) is 5.60. The molecule has 1 aliphatic rings. The van der Waals surface area contributed by atoms with Crippen LogP contribution >= 0.6 is 23.4 Å². The van der Waals surface area contributed by atoms with Crippen molar-refractivity contribution in [2.24, 2.45) is 0 Å². The highest BCUT2D eigenvalue weighted by Gasteiger charge is 2.28. The highest BCUT2D eigenvalue weighted by atomic mass is 35.5. The number of hydrogen-bond donors (Lipinski definition) is 1. The Morgan fingerprint density at radius 1 is 1.27 bits per heavy atom. The highest BCUT2D eigenvalue weighted by molar-refractivity contribution is 7.99. The molecule has 1 aromatic rings. The summed E-state index contributed by atoms with van der Waals surface area (Å²) in [6.45, 7) is 2.14. The minimum atomic E-state index is -3.60. The van der Waals surface area contributed by atoms with E-state index in [9.17, 15) is 13.2 Å². The molecule has 1 fully saturated rings. The van der Waals surface area contributed by atoms with Gasteiger partial charge in [-0.2, -0.15) is 11.8 Å². The highest BCUT2D eigenvalue weighted by Crippen LogP contribution is 2.28. The average Bonchev–Trinajstić information content (AvgIpc) is 2.60. The quantitative estimate of drug-likeness (QED) is 0.654. The largest absolute Gasteiger partial charge is 0.353 e. The molecule has 1 aromatic carbocycles. The van der Waals surface area contributed by atoms with E-state index in [0.29, 0.717) is 22.5 Å². The summed E-state index contributed by atoms with van der Waals surface area (Å²) in [5.41, 5.74) is 0.427. The van der Waals surface area contributed by atoms with Gasteiger partial charge in [-0.25, -0.2) is 8.42 Å². The van der Waals surface area contributed by atoms with Crippen molar-refractivity contribution in [1.29, 1.82) is 0 Å². The molecule has 0 spiro atoms. The van der Waals surface area contributed by atoms with Crippen LogP contribution in [0.25, 0.3) is 0 Å². The number of nitrogens with zero attached hydrogens (tertiary/aromatic N) is 1. The maximum atomic E-state index is 12.5. The average molecular weight is 419 g/mol. The second-order valence-electron chi connectivity index (χ2n) is 6.63. The molecule has 8 heteroatoms. The Balaban J connectivity index is 1.91. The summed E-state index contributed by atoms with van der Waals surface area (Å²) in [7, 11) is -3.60. The molecule has 0 radical (unpaired) electrons. The maximum Gasteiger partial charge on any atom is 0.243 e. The zero-order chi connectivity index (χ0) is 19.2. The molecule has 1 saturated carbocycles. The van der Waals surface area contributed by atoms with Crippen molar-refractivity contribution >= 4 is 45.0 Å². The third kappa shape index (κ3) is 6.35. The number of benzene rings is 1. The number of thioether (sulfide) groups is 1. The molecule has 0 aliphatic heterocycles. The molecule has 1 N–H and O–H groups in total. The van der Waals surface area contributed by atoms with Crippen molar-refractivity contribution in [3.05, 3.63) is 29.3 Å². The van der Waals surface area contributed by atoms with E-state index in [1.807, 2.05) is 11.8 Å². The number of hydrogen-bond acceptors (Lipinski definition) is 4. The molecule has 26 heavy (non-hydrogen) atoms. The molecule has 0 aromatic heterocycles. The molecule has 2 rings (SSSR count). The summed E-state index contributed by atoms with van der Waals surface area (Å²) < 4.78 is 25.5. The van der Waals surface area contributed by atoms with E-state index in [2.05, 4.69) is 5.32 Å². The van der Waals surface area contributed by atoms with Crippen LogP contribution in [-0.4, -0.2) is 44.2 Å². The predicted molar refractivity (Wildman–Crippen MR) is 111 cm³/mol. The minimum absolute atomic E-state index is 0.297. The van der Waals surface area contributed by atoms with Gasteiger partial charge in [-0.3, -0.25) is 9.10 Å². The molecule has 1 atom stereocenters. The second-order valence-corrected chi connectivity index (χ2v) is 10.3. The first-order valence-electron chi connectivity index (χ1n) is 8.93. The van der Waals surface area contributed by atoms with Crippen LogP contribution in [0.4, 0.5) is 5.69 Å². The number of carbonyl (C=O) groups is 1. The van der Waals surface area contributed by atoms with Crippen LogP contribution in [0, 0.1) is 0 Å². The van der Waals surface area contributed by atoms with Crippen LogP contribution in [-0.2, 0) is 14.8 Å². The zero-order valence-corrected chi connectivity index (χ0v) is 17.7. The van der Waals surface area contributed by atoms with Crippen LogP contribution in [0.1, 0.15) is 39.0 Å². The van der Waals surface area contributed by atoms with Gasteiger partial charge in [-0.1, -0.05) is 30.9 Å². The lowest BCUT2D eigenvalue weighted by molar-refractivity contribution is -0.121. The second kappa shape index (κ2) is 9.85. The summed E-state index contributed by atoms with van der Waals surface area (Å²) in [6.07, 6.45) is 7.54. The fourth-order valence-electron chi connectivity index (χ4n) is 3.18. The van der Waals surface area contributed by atoms with Gasteiger partial charge in [-0.05, 0) is 44.0 Å². The monoisotopic (exact) mass is 418 g/mol. The number of anilines is 1. The van der Waals surface area contributed by atoms with Crippen molar-refractivity contribution in [3.63, 3.8) is 0 Å².